The quantitative estimate of drug-likeness (QED) is 0.817. The average Bonchev–Trinajstić information content (AvgIpc) is 2.98. The molecule has 4 rings (SSSR count). The number of hydrogen-bond donors (Lipinski definition) is 0. The van der Waals surface area contributed by atoms with Crippen LogP contribution in [0.15, 0.2) is 42.6 Å². The molecule has 2 aliphatic heterocycles. The van der Waals surface area contributed by atoms with Gasteiger partial charge in [-0.3, -0.25) is 9.88 Å². The highest BCUT2D eigenvalue weighted by Gasteiger charge is 2.40. The molecular formula is C19H23N5O2. The van der Waals surface area contributed by atoms with Crippen molar-refractivity contribution in [2.75, 3.05) is 33.3 Å². The van der Waals surface area contributed by atoms with Gasteiger partial charge < -0.3 is 14.5 Å². The molecule has 136 valence electrons. The molecule has 2 aromatic rings. The Morgan fingerprint density at radius 1 is 1.08 bits per heavy atom. The lowest BCUT2D eigenvalue weighted by atomic mass is 10.2. The molecule has 0 aliphatic carbocycles. The molecule has 2 amide bonds. The number of carbonyl (C=O) groups excluding carboxylic acids is 1. The maximum Gasteiger partial charge on any atom is 0.320 e. The molecule has 7 nitrogen and oxygen atoms in total. The van der Waals surface area contributed by atoms with Gasteiger partial charge in [0, 0.05) is 45.0 Å². The Balaban J connectivity index is 1.38. The van der Waals surface area contributed by atoms with Crippen molar-refractivity contribution in [3.63, 3.8) is 0 Å². The van der Waals surface area contributed by atoms with Crippen LogP contribution in [0.5, 0.6) is 5.88 Å². The number of pyridine rings is 2. The van der Waals surface area contributed by atoms with E-state index in [9.17, 15) is 4.79 Å². The monoisotopic (exact) mass is 353 g/mol. The zero-order chi connectivity index (χ0) is 17.9. The highest BCUT2D eigenvalue weighted by atomic mass is 16.5. The van der Waals surface area contributed by atoms with Crippen LogP contribution in [0.25, 0.3) is 0 Å². The maximum absolute atomic E-state index is 12.7. The van der Waals surface area contributed by atoms with Gasteiger partial charge in [-0.15, -0.1) is 0 Å². The van der Waals surface area contributed by atoms with Gasteiger partial charge in [0.2, 0.25) is 5.88 Å². The first-order valence-electron chi connectivity index (χ1n) is 8.90. The molecule has 1 atom stereocenters. The minimum absolute atomic E-state index is 0.125. The number of hydrogen-bond acceptors (Lipinski definition) is 5. The number of methoxy groups -OCH3 is 1. The lowest BCUT2D eigenvalue weighted by Crippen LogP contribution is -2.51. The van der Waals surface area contributed by atoms with E-state index in [1.54, 1.807) is 13.3 Å². The van der Waals surface area contributed by atoms with Crippen LogP contribution in [0.4, 0.5) is 4.79 Å². The Morgan fingerprint density at radius 2 is 1.96 bits per heavy atom. The Kier molecular flexibility index (Phi) is 4.71. The molecule has 2 aromatic heterocycles. The minimum atomic E-state index is 0.125. The number of urea groups is 1. The summed E-state index contributed by atoms with van der Waals surface area (Å²) in [6, 6.07) is 12.0. The van der Waals surface area contributed by atoms with Crippen molar-refractivity contribution in [3.05, 3.63) is 54.0 Å². The minimum Gasteiger partial charge on any atom is -0.481 e. The number of piperazine rings is 1. The van der Waals surface area contributed by atoms with E-state index in [2.05, 4.69) is 14.9 Å². The number of fused-ring (bicyclic) bond motifs is 1. The second kappa shape index (κ2) is 7.29. The van der Waals surface area contributed by atoms with E-state index < -0.39 is 0 Å². The van der Waals surface area contributed by atoms with E-state index in [1.165, 1.54) is 0 Å². The first kappa shape index (κ1) is 16.8. The molecule has 0 aromatic carbocycles. The van der Waals surface area contributed by atoms with E-state index in [0.717, 1.165) is 44.1 Å². The molecule has 0 saturated carbocycles. The zero-order valence-electron chi connectivity index (χ0n) is 14.9. The van der Waals surface area contributed by atoms with E-state index >= 15 is 0 Å². The highest BCUT2D eigenvalue weighted by molar-refractivity contribution is 5.77. The van der Waals surface area contributed by atoms with Crippen molar-refractivity contribution >= 4 is 6.03 Å². The summed E-state index contributed by atoms with van der Waals surface area (Å²) < 4.78 is 5.20. The van der Waals surface area contributed by atoms with E-state index in [4.69, 9.17) is 4.74 Å². The summed E-state index contributed by atoms with van der Waals surface area (Å²) in [5.74, 6) is 0.638. The predicted molar refractivity (Wildman–Crippen MR) is 96.6 cm³/mol. The molecule has 2 saturated heterocycles. The van der Waals surface area contributed by atoms with Gasteiger partial charge in [0.1, 0.15) is 0 Å². The van der Waals surface area contributed by atoms with E-state index in [0.29, 0.717) is 12.4 Å². The van der Waals surface area contributed by atoms with Crippen LogP contribution >= 0.6 is 0 Å². The van der Waals surface area contributed by atoms with Crippen LogP contribution < -0.4 is 4.74 Å². The van der Waals surface area contributed by atoms with Crippen LogP contribution in [0, 0.1) is 0 Å². The van der Waals surface area contributed by atoms with Gasteiger partial charge >= 0.3 is 6.03 Å². The van der Waals surface area contributed by atoms with Crippen molar-refractivity contribution in [2.24, 2.45) is 0 Å². The molecule has 0 spiro atoms. The average molecular weight is 353 g/mol. The first-order chi connectivity index (χ1) is 12.7. The summed E-state index contributed by atoms with van der Waals surface area (Å²) in [6.07, 6.45) is 1.77. The number of amides is 2. The van der Waals surface area contributed by atoms with Crippen LogP contribution in [-0.4, -0.2) is 70.0 Å². The molecule has 0 radical (unpaired) electrons. The Morgan fingerprint density at radius 3 is 2.77 bits per heavy atom. The third-order valence-electron chi connectivity index (χ3n) is 4.97. The van der Waals surface area contributed by atoms with Crippen molar-refractivity contribution in [3.8, 4) is 5.88 Å². The third kappa shape index (κ3) is 3.48. The SMILES string of the molecule is COc1cccc(CN2CCN3C(=O)N(Cc4ccccn4)CC3C2)n1. The van der Waals surface area contributed by atoms with Gasteiger partial charge in [0.05, 0.1) is 31.1 Å². The van der Waals surface area contributed by atoms with E-state index in [-0.39, 0.29) is 12.1 Å². The molecule has 26 heavy (non-hydrogen) atoms. The number of ether oxygens (including phenoxy) is 1. The molecule has 1 unspecified atom stereocenters. The Labute approximate surface area is 153 Å². The zero-order valence-corrected chi connectivity index (χ0v) is 14.9. The fourth-order valence-electron chi connectivity index (χ4n) is 3.69. The fraction of sp³-hybridized carbons (Fsp3) is 0.421. The number of aromatic nitrogens is 2. The molecule has 0 bridgehead atoms. The number of rotatable bonds is 5. The van der Waals surface area contributed by atoms with Gasteiger partial charge in [0.25, 0.3) is 0 Å². The Bertz CT molecular complexity index is 770. The van der Waals surface area contributed by atoms with Gasteiger partial charge in [-0.1, -0.05) is 12.1 Å². The normalized spacial score (nSPS) is 20.3. The lowest BCUT2D eigenvalue weighted by Gasteiger charge is -2.36. The second-order valence-electron chi connectivity index (χ2n) is 6.74. The molecule has 4 heterocycles. The summed E-state index contributed by atoms with van der Waals surface area (Å²) in [6.45, 7) is 4.58. The van der Waals surface area contributed by atoms with Crippen molar-refractivity contribution in [1.29, 1.82) is 0 Å². The van der Waals surface area contributed by atoms with Gasteiger partial charge in [-0.05, 0) is 18.2 Å². The van der Waals surface area contributed by atoms with Gasteiger partial charge in [0.15, 0.2) is 0 Å². The smallest absolute Gasteiger partial charge is 0.320 e. The summed E-state index contributed by atoms with van der Waals surface area (Å²) in [4.78, 5) is 27.8. The lowest BCUT2D eigenvalue weighted by molar-refractivity contribution is 0.115. The second-order valence-corrected chi connectivity index (χ2v) is 6.74. The Hall–Kier alpha value is -2.67. The third-order valence-corrected chi connectivity index (χ3v) is 4.97. The van der Waals surface area contributed by atoms with Gasteiger partial charge in [-0.2, -0.15) is 0 Å². The highest BCUT2D eigenvalue weighted by Crippen LogP contribution is 2.23. The standard InChI is InChI=1S/C19H23N5O2/c1-26-18-7-4-6-16(21-18)11-22-9-10-24-17(13-22)14-23(19(24)25)12-15-5-2-3-8-20-15/h2-8,17H,9-14H2,1H3. The van der Waals surface area contributed by atoms with Crippen LogP contribution in [0.2, 0.25) is 0 Å². The van der Waals surface area contributed by atoms with Crippen molar-refractivity contribution in [1.82, 2.24) is 24.7 Å². The maximum atomic E-state index is 12.7. The van der Waals surface area contributed by atoms with Crippen LogP contribution in [0.3, 0.4) is 0 Å². The van der Waals surface area contributed by atoms with Crippen LogP contribution in [-0.2, 0) is 13.1 Å². The molecule has 0 N–H and O–H groups in total. The van der Waals surface area contributed by atoms with Crippen LogP contribution in [0.1, 0.15) is 11.4 Å². The molecule has 2 fully saturated rings. The van der Waals surface area contributed by atoms with E-state index in [1.807, 2.05) is 46.2 Å². The molecular weight excluding hydrogens is 330 g/mol. The summed E-state index contributed by atoms with van der Waals surface area (Å²) in [7, 11) is 1.63. The summed E-state index contributed by atoms with van der Waals surface area (Å²) in [5.41, 5.74) is 1.92. The molecule has 2 aliphatic rings. The summed E-state index contributed by atoms with van der Waals surface area (Å²) in [5, 5.41) is 0. The number of carbonyl (C=O) groups is 1. The fourth-order valence-corrected chi connectivity index (χ4v) is 3.69. The van der Waals surface area contributed by atoms with Gasteiger partial charge in [-0.25, -0.2) is 9.78 Å². The topological polar surface area (TPSA) is 61.8 Å². The van der Waals surface area contributed by atoms with Crippen molar-refractivity contribution < 1.29 is 9.53 Å². The van der Waals surface area contributed by atoms with Crippen molar-refractivity contribution in [2.45, 2.75) is 19.1 Å². The molecule has 7 heteroatoms. The number of nitrogens with zero attached hydrogens (tertiary/aromatic N) is 5. The predicted octanol–water partition coefficient (Wildman–Crippen LogP) is 1.61. The summed E-state index contributed by atoms with van der Waals surface area (Å²) >= 11 is 0. The first-order valence-corrected chi connectivity index (χ1v) is 8.90. The largest absolute Gasteiger partial charge is 0.481 e.